The molecule has 1 aromatic carbocycles. The number of methoxy groups -OCH3 is 2. The number of thiophene rings is 1. The van der Waals surface area contributed by atoms with Gasteiger partial charge < -0.3 is 9.47 Å². The highest BCUT2D eigenvalue weighted by Gasteiger charge is 2.35. The van der Waals surface area contributed by atoms with Crippen LogP contribution in [0.4, 0.5) is 0 Å². The Kier molecular flexibility index (Phi) is 7.14. The molecule has 4 rings (SSSR count). The molecule has 180 valence electrons. The van der Waals surface area contributed by atoms with Crippen LogP contribution in [0.2, 0.25) is 0 Å². The van der Waals surface area contributed by atoms with Crippen molar-refractivity contribution < 1.29 is 22.7 Å². The van der Waals surface area contributed by atoms with E-state index in [1.165, 1.54) is 29.6 Å². The molecule has 9 heteroatoms. The molecule has 0 bridgehead atoms. The lowest BCUT2D eigenvalue weighted by Gasteiger charge is -2.28. The highest BCUT2D eigenvalue weighted by molar-refractivity contribution is 7.91. The van der Waals surface area contributed by atoms with Gasteiger partial charge in [-0.15, -0.1) is 11.3 Å². The zero-order valence-electron chi connectivity index (χ0n) is 19.7. The Hall–Kier alpha value is -1.94. The van der Waals surface area contributed by atoms with Crippen LogP contribution in [0.1, 0.15) is 63.2 Å². The van der Waals surface area contributed by atoms with Crippen molar-refractivity contribution in [2.75, 3.05) is 20.8 Å². The average Bonchev–Trinajstić information content (AvgIpc) is 3.44. The van der Waals surface area contributed by atoms with E-state index in [9.17, 15) is 13.2 Å². The van der Waals surface area contributed by atoms with E-state index in [1.807, 2.05) is 6.07 Å². The van der Waals surface area contributed by atoms with E-state index < -0.39 is 16.0 Å². The summed E-state index contributed by atoms with van der Waals surface area (Å²) in [5.41, 5.74) is 4.59. The Labute approximate surface area is 200 Å². The normalized spacial score (nSPS) is 17.2. The Balaban J connectivity index is 1.61. The molecule has 1 N–H and O–H groups in total. The minimum Gasteiger partial charge on any atom is -0.496 e. The second-order valence-corrected chi connectivity index (χ2v) is 11.9. The fourth-order valence-corrected chi connectivity index (χ4v) is 8.11. The third-order valence-corrected chi connectivity index (χ3v) is 10.1. The van der Waals surface area contributed by atoms with Crippen molar-refractivity contribution >= 4 is 27.3 Å². The summed E-state index contributed by atoms with van der Waals surface area (Å²) in [7, 11) is -0.805. The van der Waals surface area contributed by atoms with Crippen LogP contribution in [0.25, 0.3) is 0 Å². The molecule has 0 atom stereocenters. The molecule has 1 fully saturated rings. The minimum absolute atomic E-state index is 0.0580. The van der Waals surface area contributed by atoms with Gasteiger partial charge >= 0.3 is 5.97 Å². The molecule has 1 saturated carbocycles. The maximum Gasteiger partial charge on any atom is 0.340 e. The molecule has 0 unspecified atom stereocenters. The molecule has 2 aromatic rings. The maximum atomic E-state index is 13.2. The van der Waals surface area contributed by atoms with Crippen molar-refractivity contribution in [1.29, 1.82) is 0 Å². The number of esters is 1. The van der Waals surface area contributed by atoms with Crippen LogP contribution in [-0.4, -0.2) is 46.1 Å². The molecule has 0 radical (unpaired) electrons. The summed E-state index contributed by atoms with van der Waals surface area (Å²) >= 11 is 1.21. The monoisotopic (exact) mass is 492 g/mol. The molecule has 0 amide bonds. The maximum absolute atomic E-state index is 13.2. The van der Waals surface area contributed by atoms with Gasteiger partial charge in [-0.3, -0.25) is 4.90 Å². The first-order valence-corrected chi connectivity index (χ1v) is 13.7. The highest BCUT2D eigenvalue weighted by atomic mass is 32.2. The van der Waals surface area contributed by atoms with Gasteiger partial charge in [-0.05, 0) is 61.4 Å². The summed E-state index contributed by atoms with van der Waals surface area (Å²) in [4.78, 5) is 15.9. The van der Waals surface area contributed by atoms with Crippen molar-refractivity contribution in [3.05, 3.63) is 44.8 Å². The number of nitrogens with one attached hydrogen (secondary N) is 1. The molecule has 1 aromatic heterocycles. The van der Waals surface area contributed by atoms with E-state index in [1.54, 1.807) is 7.11 Å². The Bertz CT molecular complexity index is 1150. The summed E-state index contributed by atoms with van der Waals surface area (Å²) < 4.78 is 39.8. The Morgan fingerprint density at radius 1 is 1.18 bits per heavy atom. The van der Waals surface area contributed by atoms with Gasteiger partial charge in [-0.25, -0.2) is 17.9 Å². The van der Waals surface area contributed by atoms with E-state index in [2.05, 4.69) is 29.5 Å². The van der Waals surface area contributed by atoms with Gasteiger partial charge in [-0.2, -0.15) is 0 Å². The molecule has 33 heavy (non-hydrogen) atoms. The van der Waals surface area contributed by atoms with Gasteiger partial charge in [0.05, 0.1) is 19.8 Å². The van der Waals surface area contributed by atoms with Crippen LogP contribution in [0, 0.1) is 13.8 Å². The lowest BCUT2D eigenvalue weighted by molar-refractivity contribution is 0.0595. The molecular formula is C24H32N2O5S2. The van der Waals surface area contributed by atoms with Crippen molar-refractivity contribution in [3.8, 4) is 5.75 Å². The Morgan fingerprint density at radius 3 is 2.58 bits per heavy atom. The van der Waals surface area contributed by atoms with Gasteiger partial charge in [0.15, 0.2) is 0 Å². The summed E-state index contributed by atoms with van der Waals surface area (Å²) in [6.07, 6.45) is 4.34. The van der Waals surface area contributed by atoms with E-state index in [0.717, 1.165) is 60.5 Å². The van der Waals surface area contributed by atoms with E-state index in [-0.39, 0.29) is 15.8 Å². The first-order chi connectivity index (χ1) is 15.7. The largest absolute Gasteiger partial charge is 0.496 e. The number of hydrogen-bond donors (Lipinski definition) is 1. The molecule has 2 aliphatic rings. The molecule has 2 heterocycles. The molecule has 0 saturated heterocycles. The number of nitrogens with zero attached hydrogens (tertiary/aromatic N) is 1. The van der Waals surface area contributed by atoms with Gasteiger partial charge in [0.25, 0.3) is 10.0 Å². The third kappa shape index (κ3) is 4.82. The van der Waals surface area contributed by atoms with Gasteiger partial charge in [0, 0.05) is 30.6 Å². The second-order valence-electron chi connectivity index (χ2n) is 8.90. The fraction of sp³-hybridized carbons (Fsp3) is 0.542. The van der Waals surface area contributed by atoms with E-state index in [0.29, 0.717) is 13.0 Å². The number of ether oxygens (including phenoxy) is 2. The Morgan fingerprint density at radius 2 is 1.91 bits per heavy atom. The predicted molar refractivity (Wildman–Crippen MR) is 129 cm³/mol. The number of carbonyl (C=O) groups is 1. The highest BCUT2D eigenvalue weighted by Crippen LogP contribution is 2.38. The predicted octanol–water partition coefficient (Wildman–Crippen LogP) is 3.94. The second kappa shape index (κ2) is 9.74. The number of hydrogen-bond acceptors (Lipinski definition) is 7. The number of carbonyl (C=O) groups excluding carboxylic acids is 1. The molecule has 1 aliphatic heterocycles. The van der Waals surface area contributed by atoms with E-state index >= 15 is 0 Å². The smallest absolute Gasteiger partial charge is 0.340 e. The summed E-state index contributed by atoms with van der Waals surface area (Å²) in [5.74, 6) is 0.303. The van der Waals surface area contributed by atoms with Crippen molar-refractivity contribution in [2.24, 2.45) is 0 Å². The number of benzene rings is 1. The lowest BCUT2D eigenvalue weighted by Crippen LogP contribution is -2.33. The minimum atomic E-state index is -3.78. The van der Waals surface area contributed by atoms with Crippen molar-refractivity contribution in [2.45, 2.75) is 69.3 Å². The van der Waals surface area contributed by atoms with Crippen LogP contribution in [0.5, 0.6) is 5.75 Å². The zero-order chi connectivity index (χ0) is 23.8. The third-order valence-electron chi connectivity index (χ3n) is 6.88. The zero-order valence-corrected chi connectivity index (χ0v) is 21.3. The molecule has 1 aliphatic carbocycles. The van der Waals surface area contributed by atoms with Gasteiger partial charge in [0.2, 0.25) is 0 Å². The lowest BCUT2D eigenvalue weighted by atomic mass is 9.99. The van der Waals surface area contributed by atoms with Crippen LogP contribution >= 0.6 is 11.3 Å². The molecular weight excluding hydrogens is 460 g/mol. The number of sulfonamides is 1. The van der Waals surface area contributed by atoms with Crippen LogP contribution in [0.3, 0.4) is 0 Å². The van der Waals surface area contributed by atoms with Crippen molar-refractivity contribution in [1.82, 2.24) is 9.62 Å². The first-order valence-electron chi connectivity index (χ1n) is 11.4. The number of fused-ring (bicyclic) bond motifs is 1. The average molecular weight is 493 g/mol. The van der Waals surface area contributed by atoms with Crippen LogP contribution in [0.15, 0.2) is 16.3 Å². The standard InChI is InChI=1S/C24H32N2O5S2/c1-15-16(2)20(30-3)10-9-17(15)13-26-12-11-19-21(14-26)32-24(22(19)23(27)31-4)33(28,29)25-18-7-5-6-8-18/h9-10,18,25H,5-8,11-14H2,1-4H3. The van der Waals surface area contributed by atoms with Crippen LogP contribution in [-0.2, 0) is 34.3 Å². The van der Waals surface area contributed by atoms with Gasteiger partial charge in [-0.1, -0.05) is 18.9 Å². The quantitative estimate of drug-likeness (QED) is 0.590. The van der Waals surface area contributed by atoms with E-state index in [4.69, 9.17) is 9.47 Å². The molecule has 7 nitrogen and oxygen atoms in total. The summed E-state index contributed by atoms with van der Waals surface area (Å²) in [5, 5.41) is 0. The summed E-state index contributed by atoms with van der Waals surface area (Å²) in [6.45, 7) is 6.26. The van der Waals surface area contributed by atoms with Crippen molar-refractivity contribution in [3.63, 3.8) is 0 Å². The first kappa shape index (κ1) is 24.2. The fourth-order valence-electron chi connectivity index (χ4n) is 4.87. The SMILES string of the molecule is COC(=O)c1c(S(=O)(=O)NC2CCCC2)sc2c1CCN(Cc1ccc(OC)c(C)c1C)C2. The molecule has 0 spiro atoms. The summed E-state index contributed by atoms with van der Waals surface area (Å²) in [6, 6.07) is 4.02. The van der Waals surface area contributed by atoms with Gasteiger partial charge in [0.1, 0.15) is 9.96 Å². The van der Waals surface area contributed by atoms with Crippen LogP contribution < -0.4 is 9.46 Å². The topological polar surface area (TPSA) is 84.9 Å². The number of rotatable bonds is 7.